The summed E-state index contributed by atoms with van der Waals surface area (Å²) in [5.74, 6) is -0.177. The van der Waals surface area contributed by atoms with E-state index in [0.717, 1.165) is 5.56 Å². The molecule has 1 unspecified atom stereocenters. The van der Waals surface area contributed by atoms with Gasteiger partial charge in [-0.1, -0.05) is 48.5 Å². The topological polar surface area (TPSA) is 72.8 Å². The fourth-order valence-corrected chi connectivity index (χ4v) is 3.43. The average molecular weight is 370 g/mol. The van der Waals surface area contributed by atoms with E-state index in [0.29, 0.717) is 11.5 Å². The molecule has 1 heterocycles. The molecule has 1 aliphatic heterocycles. The van der Waals surface area contributed by atoms with Crippen molar-refractivity contribution in [2.75, 3.05) is 0 Å². The largest absolute Gasteiger partial charge is 0.511 e. The average Bonchev–Trinajstić information content (AvgIpc) is 2.62. The van der Waals surface area contributed by atoms with E-state index in [-0.39, 0.29) is 23.5 Å². The van der Waals surface area contributed by atoms with Crippen LogP contribution in [0.3, 0.4) is 0 Å². The number of cyclic esters (lactones) is 1. The number of benzene rings is 2. The zero-order chi connectivity index (χ0) is 18.4. The summed E-state index contributed by atoms with van der Waals surface area (Å²) in [6.45, 7) is 0. The Kier molecular flexibility index (Phi) is 5.96. The minimum Gasteiger partial charge on any atom is -0.511 e. The van der Waals surface area contributed by atoms with Crippen LogP contribution in [-0.2, 0) is 20.1 Å². The highest BCUT2D eigenvalue weighted by Crippen LogP contribution is 2.32. The highest BCUT2D eigenvalue weighted by Gasteiger charge is 2.31. The van der Waals surface area contributed by atoms with Crippen molar-refractivity contribution in [1.29, 1.82) is 0 Å². The lowest BCUT2D eigenvalue weighted by molar-refractivity contribution is -0.149. The number of aliphatic hydroxyl groups is 1. The van der Waals surface area contributed by atoms with Crippen LogP contribution in [0.15, 0.2) is 71.3 Å². The third-order valence-corrected chi connectivity index (χ3v) is 4.91. The third-order valence-electron chi connectivity index (χ3n) is 3.74. The van der Waals surface area contributed by atoms with Gasteiger partial charge in [0.25, 0.3) is 0 Å². The molecule has 0 fully saturated rings. The van der Waals surface area contributed by atoms with Gasteiger partial charge in [0.15, 0.2) is 0 Å². The molecule has 0 aliphatic carbocycles. The standard InChI is InChI=1S/C20H18O5S/c21-17-11-16(12-18(22)24-15-9-5-2-6-10-15)25-20(23)19(17)26-13-14-7-3-1-4-8-14/h1-10,16,21H,11-13H2. The van der Waals surface area contributed by atoms with Gasteiger partial charge in [-0.15, -0.1) is 11.8 Å². The first kappa shape index (κ1) is 18.1. The van der Waals surface area contributed by atoms with Gasteiger partial charge in [-0.25, -0.2) is 4.79 Å². The molecule has 0 amide bonds. The van der Waals surface area contributed by atoms with Gasteiger partial charge in [0, 0.05) is 12.2 Å². The van der Waals surface area contributed by atoms with Crippen LogP contribution in [0.5, 0.6) is 5.75 Å². The van der Waals surface area contributed by atoms with Gasteiger partial charge < -0.3 is 14.6 Å². The molecule has 6 heteroatoms. The van der Waals surface area contributed by atoms with Gasteiger partial charge in [-0.05, 0) is 17.7 Å². The number of rotatable bonds is 6. The van der Waals surface area contributed by atoms with E-state index in [9.17, 15) is 14.7 Å². The van der Waals surface area contributed by atoms with Crippen LogP contribution in [-0.4, -0.2) is 23.1 Å². The fraction of sp³-hybridized carbons (Fsp3) is 0.200. The smallest absolute Gasteiger partial charge is 0.348 e. The van der Waals surface area contributed by atoms with Crippen LogP contribution >= 0.6 is 11.8 Å². The van der Waals surface area contributed by atoms with Crippen molar-refractivity contribution in [1.82, 2.24) is 0 Å². The van der Waals surface area contributed by atoms with Gasteiger partial charge in [-0.3, -0.25) is 4.79 Å². The molecule has 2 aromatic rings. The van der Waals surface area contributed by atoms with Crippen LogP contribution in [0, 0.1) is 0 Å². The van der Waals surface area contributed by atoms with E-state index in [1.165, 1.54) is 11.8 Å². The van der Waals surface area contributed by atoms with Crippen LogP contribution in [0.25, 0.3) is 0 Å². The SMILES string of the molecule is O=C(CC1CC(O)=C(SCc2ccccc2)C(=O)O1)Oc1ccccc1. The molecule has 0 spiro atoms. The Bertz CT molecular complexity index is 801. The Labute approximate surface area is 155 Å². The number of para-hydroxylation sites is 1. The van der Waals surface area contributed by atoms with Crippen molar-refractivity contribution >= 4 is 23.7 Å². The van der Waals surface area contributed by atoms with Crippen LogP contribution in [0.2, 0.25) is 0 Å². The van der Waals surface area contributed by atoms with Crippen molar-refractivity contribution in [3.8, 4) is 5.75 Å². The molecule has 26 heavy (non-hydrogen) atoms. The number of ether oxygens (including phenoxy) is 2. The van der Waals surface area contributed by atoms with Crippen LogP contribution in [0.1, 0.15) is 18.4 Å². The number of aliphatic hydroxyl groups excluding tert-OH is 1. The molecule has 0 aromatic heterocycles. The van der Waals surface area contributed by atoms with Crippen molar-refractivity contribution in [2.45, 2.75) is 24.7 Å². The Hall–Kier alpha value is -2.73. The van der Waals surface area contributed by atoms with Gasteiger partial charge in [0.05, 0.1) is 6.42 Å². The Morgan fingerprint density at radius 2 is 1.77 bits per heavy atom. The molecule has 134 valence electrons. The lowest BCUT2D eigenvalue weighted by atomic mass is 10.1. The summed E-state index contributed by atoms with van der Waals surface area (Å²) in [6, 6.07) is 18.3. The number of carbonyl (C=O) groups excluding carboxylic acids is 2. The molecule has 0 saturated heterocycles. The molecule has 1 N–H and O–H groups in total. The summed E-state index contributed by atoms with van der Waals surface area (Å²) >= 11 is 1.23. The van der Waals surface area contributed by atoms with E-state index >= 15 is 0 Å². The minimum absolute atomic E-state index is 0.0420. The second kappa shape index (κ2) is 8.58. The minimum atomic E-state index is -0.722. The highest BCUT2D eigenvalue weighted by atomic mass is 32.2. The lowest BCUT2D eigenvalue weighted by Crippen LogP contribution is -2.29. The summed E-state index contributed by atoms with van der Waals surface area (Å²) < 4.78 is 10.5. The molecule has 1 atom stereocenters. The van der Waals surface area contributed by atoms with Crippen molar-refractivity contribution in [3.63, 3.8) is 0 Å². The third kappa shape index (κ3) is 4.89. The van der Waals surface area contributed by atoms with E-state index in [1.807, 2.05) is 36.4 Å². The summed E-state index contributed by atoms with van der Waals surface area (Å²) in [5.41, 5.74) is 1.04. The first-order valence-corrected chi connectivity index (χ1v) is 9.16. The van der Waals surface area contributed by atoms with Crippen molar-refractivity contribution in [3.05, 3.63) is 76.9 Å². The second-order valence-electron chi connectivity index (χ2n) is 5.77. The van der Waals surface area contributed by atoms with Gasteiger partial charge >= 0.3 is 11.9 Å². The number of thioether (sulfide) groups is 1. The van der Waals surface area contributed by atoms with Gasteiger partial charge in [0.2, 0.25) is 0 Å². The summed E-state index contributed by atoms with van der Waals surface area (Å²) in [6.07, 6.45) is -0.728. The summed E-state index contributed by atoms with van der Waals surface area (Å²) in [4.78, 5) is 24.3. The zero-order valence-electron chi connectivity index (χ0n) is 14.0. The molecule has 2 aromatic carbocycles. The van der Waals surface area contributed by atoms with E-state index < -0.39 is 18.0 Å². The number of hydrogen-bond donors (Lipinski definition) is 1. The quantitative estimate of drug-likeness (QED) is 0.612. The van der Waals surface area contributed by atoms with Crippen molar-refractivity contribution < 1.29 is 24.2 Å². The monoisotopic (exact) mass is 370 g/mol. The molecule has 0 bridgehead atoms. The first-order chi connectivity index (χ1) is 12.6. The second-order valence-corrected chi connectivity index (χ2v) is 6.76. The van der Waals surface area contributed by atoms with Crippen molar-refractivity contribution in [2.24, 2.45) is 0 Å². The Morgan fingerprint density at radius 1 is 1.12 bits per heavy atom. The van der Waals surface area contributed by atoms with Crippen LogP contribution in [0.4, 0.5) is 0 Å². The maximum absolute atomic E-state index is 12.2. The molecule has 0 radical (unpaired) electrons. The van der Waals surface area contributed by atoms with Gasteiger partial charge in [0.1, 0.15) is 22.5 Å². The molecular formula is C20H18O5S. The van der Waals surface area contributed by atoms with E-state index in [2.05, 4.69) is 0 Å². The maximum Gasteiger partial charge on any atom is 0.348 e. The first-order valence-electron chi connectivity index (χ1n) is 8.17. The summed E-state index contributed by atoms with van der Waals surface area (Å²) in [5, 5.41) is 10.2. The van der Waals surface area contributed by atoms with Crippen LogP contribution < -0.4 is 4.74 Å². The Balaban J connectivity index is 1.56. The zero-order valence-corrected chi connectivity index (χ0v) is 14.8. The Morgan fingerprint density at radius 3 is 2.42 bits per heavy atom. The number of carbonyl (C=O) groups is 2. The molecular weight excluding hydrogens is 352 g/mol. The number of hydrogen-bond acceptors (Lipinski definition) is 6. The molecule has 0 saturated carbocycles. The highest BCUT2D eigenvalue weighted by molar-refractivity contribution is 8.03. The lowest BCUT2D eigenvalue weighted by Gasteiger charge is -2.23. The normalized spacial score (nSPS) is 16.9. The fourth-order valence-electron chi connectivity index (χ4n) is 2.51. The van der Waals surface area contributed by atoms with Gasteiger partial charge in [-0.2, -0.15) is 0 Å². The van der Waals surface area contributed by atoms with E-state index in [4.69, 9.17) is 9.47 Å². The maximum atomic E-state index is 12.2. The van der Waals surface area contributed by atoms with E-state index in [1.54, 1.807) is 24.3 Å². The summed E-state index contributed by atoms with van der Waals surface area (Å²) in [7, 11) is 0. The molecule has 3 rings (SSSR count). The number of esters is 2. The molecule has 1 aliphatic rings. The molecule has 5 nitrogen and oxygen atoms in total. The predicted octanol–water partition coefficient (Wildman–Crippen LogP) is 4.00. The predicted molar refractivity (Wildman–Crippen MR) is 98.6 cm³/mol.